The van der Waals surface area contributed by atoms with Crippen molar-refractivity contribution in [2.75, 3.05) is 32.7 Å². The van der Waals surface area contributed by atoms with E-state index in [1.165, 1.54) is 19.1 Å². The Balaban J connectivity index is 1.96. The minimum Gasteiger partial charge on any atom is -0.339 e. The molecule has 1 aromatic rings. The van der Waals surface area contributed by atoms with Crippen LogP contribution in [0.2, 0.25) is 0 Å². The van der Waals surface area contributed by atoms with E-state index in [0.29, 0.717) is 38.3 Å². The molecule has 144 valence electrons. The zero-order valence-electron chi connectivity index (χ0n) is 15.4. The summed E-state index contributed by atoms with van der Waals surface area (Å²) < 4.78 is 27.0. The number of benzene rings is 1. The van der Waals surface area contributed by atoms with Crippen LogP contribution < -0.4 is 4.72 Å². The normalized spacial score (nSPS) is 15.2. The van der Waals surface area contributed by atoms with Crippen molar-refractivity contribution in [1.29, 1.82) is 0 Å². The van der Waals surface area contributed by atoms with Gasteiger partial charge in [-0.05, 0) is 30.7 Å². The minimum atomic E-state index is -3.54. The van der Waals surface area contributed by atoms with Crippen LogP contribution in [-0.4, -0.2) is 62.8 Å². The Morgan fingerprint density at radius 1 is 1.00 bits per heavy atom. The number of sulfonamides is 1. The van der Waals surface area contributed by atoms with Crippen molar-refractivity contribution in [2.24, 2.45) is 0 Å². The van der Waals surface area contributed by atoms with Crippen LogP contribution in [0.3, 0.4) is 0 Å². The predicted octanol–water partition coefficient (Wildman–Crippen LogP) is 1.46. The average Bonchev–Trinajstić information content (AvgIpc) is 2.65. The second kappa shape index (κ2) is 9.14. The largest absolute Gasteiger partial charge is 0.339 e. The van der Waals surface area contributed by atoms with E-state index in [1.807, 2.05) is 0 Å². The molecule has 7 nitrogen and oxygen atoms in total. The molecule has 26 heavy (non-hydrogen) atoms. The highest BCUT2D eigenvalue weighted by molar-refractivity contribution is 7.89. The van der Waals surface area contributed by atoms with Crippen LogP contribution in [-0.2, 0) is 14.8 Å². The van der Waals surface area contributed by atoms with Crippen molar-refractivity contribution in [2.45, 2.75) is 38.0 Å². The third-order valence-corrected chi connectivity index (χ3v) is 5.97. The lowest BCUT2D eigenvalue weighted by Crippen LogP contribution is -2.50. The van der Waals surface area contributed by atoms with E-state index in [0.717, 1.165) is 19.3 Å². The minimum absolute atomic E-state index is 0.0121. The van der Waals surface area contributed by atoms with Gasteiger partial charge < -0.3 is 9.80 Å². The summed E-state index contributed by atoms with van der Waals surface area (Å²) in [6.45, 7) is 6.01. The van der Waals surface area contributed by atoms with Crippen LogP contribution in [0.4, 0.5) is 0 Å². The molecule has 0 radical (unpaired) electrons. The third-order valence-electron chi connectivity index (χ3n) is 4.50. The van der Waals surface area contributed by atoms with Crippen LogP contribution in [0.1, 0.15) is 43.5 Å². The van der Waals surface area contributed by atoms with Crippen molar-refractivity contribution in [3.05, 3.63) is 29.8 Å². The maximum atomic E-state index is 12.5. The number of nitrogens with zero attached hydrogens (tertiary/aromatic N) is 2. The zero-order valence-corrected chi connectivity index (χ0v) is 16.2. The fourth-order valence-corrected chi connectivity index (χ4v) is 3.92. The Labute approximate surface area is 155 Å². The molecule has 0 saturated carbocycles. The van der Waals surface area contributed by atoms with Crippen LogP contribution in [0, 0.1) is 0 Å². The molecule has 0 spiro atoms. The van der Waals surface area contributed by atoms with Gasteiger partial charge in [0, 0.05) is 45.2 Å². The number of piperazine rings is 1. The maximum absolute atomic E-state index is 12.5. The van der Waals surface area contributed by atoms with Gasteiger partial charge in [-0.2, -0.15) is 0 Å². The van der Waals surface area contributed by atoms with Gasteiger partial charge in [0.2, 0.25) is 15.9 Å². The second-order valence-corrected chi connectivity index (χ2v) is 8.19. The number of nitrogens with one attached hydrogen (secondary N) is 1. The molecular weight excluding hydrogens is 354 g/mol. The van der Waals surface area contributed by atoms with E-state index in [4.69, 9.17) is 0 Å². The molecule has 2 rings (SSSR count). The van der Waals surface area contributed by atoms with E-state index in [2.05, 4.69) is 11.6 Å². The number of hydrogen-bond acceptors (Lipinski definition) is 4. The fraction of sp³-hybridized carbons (Fsp3) is 0.556. The highest BCUT2D eigenvalue weighted by Crippen LogP contribution is 2.14. The molecule has 0 aromatic heterocycles. The van der Waals surface area contributed by atoms with Gasteiger partial charge in [0.1, 0.15) is 0 Å². The molecule has 0 unspecified atom stereocenters. The standard InChI is InChI=1S/C18H27N3O4S/c1-3-4-5-10-19-26(24,25)17-8-6-16(7-9-17)18(23)21-13-11-20(12-14-21)15(2)22/h6-9,19H,3-5,10-14H2,1-2H3. The molecule has 1 heterocycles. The lowest BCUT2D eigenvalue weighted by atomic mass is 10.2. The van der Waals surface area contributed by atoms with E-state index < -0.39 is 10.0 Å². The van der Waals surface area contributed by atoms with E-state index in [-0.39, 0.29) is 16.7 Å². The van der Waals surface area contributed by atoms with Gasteiger partial charge in [0.15, 0.2) is 0 Å². The SMILES string of the molecule is CCCCCNS(=O)(=O)c1ccc(C(=O)N2CCN(C(C)=O)CC2)cc1. The molecule has 1 aliphatic heterocycles. The van der Waals surface area contributed by atoms with Gasteiger partial charge >= 0.3 is 0 Å². The molecule has 0 atom stereocenters. The number of carbonyl (C=O) groups is 2. The molecule has 8 heteroatoms. The number of carbonyl (C=O) groups excluding carboxylic acids is 2. The maximum Gasteiger partial charge on any atom is 0.253 e. The average molecular weight is 381 g/mol. The van der Waals surface area contributed by atoms with Gasteiger partial charge in [-0.3, -0.25) is 9.59 Å². The van der Waals surface area contributed by atoms with Crippen LogP contribution in [0.15, 0.2) is 29.2 Å². The fourth-order valence-electron chi connectivity index (χ4n) is 2.85. The molecule has 1 saturated heterocycles. The van der Waals surface area contributed by atoms with Gasteiger partial charge in [-0.15, -0.1) is 0 Å². The highest BCUT2D eigenvalue weighted by atomic mass is 32.2. The Kier molecular flexibility index (Phi) is 7.16. The Morgan fingerprint density at radius 3 is 2.12 bits per heavy atom. The summed E-state index contributed by atoms with van der Waals surface area (Å²) in [5.74, 6) is -0.133. The monoisotopic (exact) mass is 381 g/mol. The highest BCUT2D eigenvalue weighted by Gasteiger charge is 2.23. The number of unbranched alkanes of at least 4 members (excludes halogenated alkanes) is 2. The second-order valence-electron chi connectivity index (χ2n) is 6.43. The third kappa shape index (κ3) is 5.28. The molecule has 1 aliphatic rings. The van der Waals surface area contributed by atoms with Crippen molar-refractivity contribution in [3.63, 3.8) is 0 Å². The lowest BCUT2D eigenvalue weighted by molar-refractivity contribution is -0.130. The van der Waals surface area contributed by atoms with Crippen molar-refractivity contribution < 1.29 is 18.0 Å². The van der Waals surface area contributed by atoms with Crippen molar-refractivity contribution in [1.82, 2.24) is 14.5 Å². The molecule has 1 aromatic carbocycles. The predicted molar refractivity (Wildman–Crippen MR) is 99.3 cm³/mol. The van der Waals surface area contributed by atoms with Gasteiger partial charge in [-0.1, -0.05) is 19.8 Å². The number of rotatable bonds is 7. The molecule has 2 amide bonds. The molecule has 0 bridgehead atoms. The summed E-state index contributed by atoms with van der Waals surface area (Å²) in [5, 5.41) is 0. The molecule has 0 aliphatic carbocycles. The smallest absolute Gasteiger partial charge is 0.253 e. The number of hydrogen-bond donors (Lipinski definition) is 1. The van der Waals surface area contributed by atoms with Crippen molar-refractivity contribution >= 4 is 21.8 Å². The van der Waals surface area contributed by atoms with Crippen LogP contribution >= 0.6 is 0 Å². The first-order chi connectivity index (χ1) is 12.3. The summed E-state index contributed by atoms with van der Waals surface area (Å²) in [6, 6.07) is 6.00. The first kappa shape index (κ1) is 20.4. The Hall–Kier alpha value is -1.93. The van der Waals surface area contributed by atoms with Gasteiger partial charge in [-0.25, -0.2) is 13.1 Å². The van der Waals surface area contributed by atoms with E-state index in [9.17, 15) is 18.0 Å². The Bertz CT molecular complexity index is 723. The molecule has 1 N–H and O–H groups in total. The summed E-state index contributed by atoms with van der Waals surface area (Å²) in [7, 11) is -3.54. The number of amides is 2. The summed E-state index contributed by atoms with van der Waals surface area (Å²) in [6.07, 6.45) is 2.81. The Morgan fingerprint density at radius 2 is 1.58 bits per heavy atom. The summed E-state index contributed by atoms with van der Waals surface area (Å²) in [4.78, 5) is 27.4. The summed E-state index contributed by atoms with van der Waals surface area (Å²) in [5.41, 5.74) is 0.450. The van der Waals surface area contributed by atoms with Gasteiger partial charge in [0.05, 0.1) is 4.90 Å². The quantitative estimate of drug-likeness (QED) is 0.725. The van der Waals surface area contributed by atoms with E-state index in [1.54, 1.807) is 21.9 Å². The van der Waals surface area contributed by atoms with Crippen molar-refractivity contribution in [3.8, 4) is 0 Å². The molecular formula is C18H27N3O4S. The topological polar surface area (TPSA) is 86.8 Å². The zero-order chi connectivity index (χ0) is 19.2. The first-order valence-electron chi connectivity index (χ1n) is 8.99. The van der Waals surface area contributed by atoms with Gasteiger partial charge in [0.25, 0.3) is 5.91 Å². The lowest BCUT2D eigenvalue weighted by Gasteiger charge is -2.34. The molecule has 1 fully saturated rings. The van der Waals surface area contributed by atoms with E-state index >= 15 is 0 Å². The van der Waals surface area contributed by atoms with Crippen LogP contribution in [0.5, 0.6) is 0 Å². The summed E-state index contributed by atoms with van der Waals surface area (Å²) >= 11 is 0. The first-order valence-corrected chi connectivity index (χ1v) is 10.5. The van der Waals surface area contributed by atoms with Crippen LogP contribution in [0.25, 0.3) is 0 Å².